The predicted octanol–water partition coefficient (Wildman–Crippen LogP) is 2.28. The van der Waals surface area contributed by atoms with Gasteiger partial charge in [0.1, 0.15) is 6.04 Å². The summed E-state index contributed by atoms with van der Waals surface area (Å²) in [6.07, 6.45) is 1.45. The van der Waals surface area contributed by atoms with E-state index in [9.17, 15) is 13.2 Å². The number of para-hydroxylation sites is 1. The summed E-state index contributed by atoms with van der Waals surface area (Å²) in [5.74, 6) is 0.948. The molecule has 2 aromatic carbocycles. The zero-order valence-electron chi connectivity index (χ0n) is 15.2. The molecule has 0 aromatic heterocycles. The third-order valence-corrected chi connectivity index (χ3v) is 5.42. The van der Waals surface area contributed by atoms with Crippen molar-refractivity contribution in [2.45, 2.75) is 25.9 Å². The normalized spacial score (nSPS) is 13.9. The smallest absolute Gasteiger partial charge is 0.244 e. The first kappa shape index (κ1) is 19.0. The van der Waals surface area contributed by atoms with Crippen molar-refractivity contribution in [1.29, 1.82) is 0 Å². The topological polar surface area (TPSA) is 84.9 Å². The number of benzene rings is 2. The summed E-state index contributed by atoms with van der Waals surface area (Å²) in [6.45, 7) is 2.23. The molecule has 2 aromatic rings. The van der Waals surface area contributed by atoms with Crippen LogP contribution >= 0.6 is 0 Å². The molecule has 0 spiro atoms. The van der Waals surface area contributed by atoms with Crippen LogP contribution in [0.25, 0.3) is 0 Å². The molecule has 7 nitrogen and oxygen atoms in total. The quantitative estimate of drug-likeness (QED) is 0.784. The molecular formula is C19H22N2O5S. The van der Waals surface area contributed by atoms with Crippen molar-refractivity contribution < 1.29 is 22.7 Å². The lowest BCUT2D eigenvalue weighted by Gasteiger charge is -2.30. The highest BCUT2D eigenvalue weighted by atomic mass is 32.2. The molecule has 0 saturated heterocycles. The summed E-state index contributed by atoms with van der Waals surface area (Å²) in [5, 5.41) is 2.82. The number of amides is 1. The maximum atomic E-state index is 12.8. The van der Waals surface area contributed by atoms with Gasteiger partial charge in [0.25, 0.3) is 0 Å². The summed E-state index contributed by atoms with van der Waals surface area (Å²) in [5.41, 5.74) is 1.30. The summed E-state index contributed by atoms with van der Waals surface area (Å²) in [4.78, 5) is 12.8. The third-order valence-electron chi connectivity index (χ3n) is 4.24. The van der Waals surface area contributed by atoms with E-state index >= 15 is 0 Å². The van der Waals surface area contributed by atoms with Gasteiger partial charge in [-0.3, -0.25) is 9.10 Å². The van der Waals surface area contributed by atoms with Gasteiger partial charge in [-0.25, -0.2) is 8.42 Å². The summed E-state index contributed by atoms with van der Waals surface area (Å²) in [7, 11) is -3.63. The molecule has 1 aliphatic rings. The summed E-state index contributed by atoms with van der Waals surface area (Å²) >= 11 is 0. The van der Waals surface area contributed by atoms with Crippen LogP contribution in [0.5, 0.6) is 11.5 Å². The van der Waals surface area contributed by atoms with Crippen LogP contribution in [0, 0.1) is 0 Å². The van der Waals surface area contributed by atoms with Gasteiger partial charge in [-0.2, -0.15) is 0 Å². The Bertz CT molecular complexity index is 915. The van der Waals surface area contributed by atoms with Crippen LogP contribution < -0.4 is 19.1 Å². The van der Waals surface area contributed by atoms with Crippen LogP contribution in [0.4, 0.5) is 5.69 Å². The molecule has 0 radical (unpaired) electrons. The lowest BCUT2D eigenvalue weighted by molar-refractivity contribution is -0.122. The van der Waals surface area contributed by atoms with Gasteiger partial charge in [0.05, 0.1) is 11.9 Å². The Morgan fingerprint density at radius 2 is 1.85 bits per heavy atom. The van der Waals surface area contributed by atoms with Gasteiger partial charge in [0.15, 0.2) is 11.5 Å². The summed E-state index contributed by atoms with van der Waals surface area (Å²) in [6, 6.07) is 13.2. The van der Waals surface area contributed by atoms with Gasteiger partial charge in [-0.05, 0) is 36.2 Å². The number of fused-ring (bicyclic) bond motifs is 1. The fourth-order valence-corrected chi connectivity index (χ4v) is 4.20. The number of nitrogens with one attached hydrogen (secondary N) is 1. The third kappa shape index (κ3) is 4.33. The molecule has 1 unspecified atom stereocenters. The van der Waals surface area contributed by atoms with Crippen molar-refractivity contribution >= 4 is 21.6 Å². The van der Waals surface area contributed by atoms with Crippen LogP contribution in [0.15, 0.2) is 48.5 Å². The number of rotatable bonds is 7. The lowest BCUT2D eigenvalue weighted by atomic mass is 10.1. The zero-order chi connectivity index (χ0) is 19.4. The maximum absolute atomic E-state index is 12.8. The largest absolute Gasteiger partial charge is 0.454 e. The average molecular weight is 390 g/mol. The highest BCUT2D eigenvalue weighted by Crippen LogP contribution is 2.32. The van der Waals surface area contributed by atoms with E-state index in [0.717, 1.165) is 11.8 Å². The Labute approximate surface area is 158 Å². The first-order valence-corrected chi connectivity index (χ1v) is 10.5. The molecule has 27 heavy (non-hydrogen) atoms. The zero-order valence-corrected chi connectivity index (χ0v) is 16.0. The van der Waals surface area contributed by atoms with Crippen LogP contribution in [0.2, 0.25) is 0 Å². The van der Waals surface area contributed by atoms with Crippen molar-refractivity contribution in [1.82, 2.24) is 5.32 Å². The van der Waals surface area contributed by atoms with Crippen LogP contribution in [-0.4, -0.2) is 33.4 Å². The van der Waals surface area contributed by atoms with Gasteiger partial charge >= 0.3 is 0 Å². The van der Waals surface area contributed by atoms with Gasteiger partial charge in [0.2, 0.25) is 22.7 Å². The minimum atomic E-state index is -3.63. The van der Waals surface area contributed by atoms with Gasteiger partial charge in [-0.1, -0.05) is 31.2 Å². The van der Waals surface area contributed by atoms with Gasteiger partial charge < -0.3 is 14.8 Å². The van der Waals surface area contributed by atoms with Crippen LogP contribution in [0.3, 0.4) is 0 Å². The number of carbonyl (C=O) groups excluding carboxylic acids is 1. The van der Waals surface area contributed by atoms with Crippen molar-refractivity contribution in [3.63, 3.8) is 0 Å². The first-order valence-electron chi connectivity index (χ1n) is 8.61. The Hall–Kier alpha value is -2.74. The maximum Gasteiger partial charge on any atom is 0.244 e. The molecule has 3 rings (SSSR count). The second-order valence-corrected chi connectivity index (χ2v) is 8.08. The fraction of sp³-hybridized carbons (Fsp3) is 0.316. The second kappa shape index (κ2) is 7.87. The van der Waals surface area contributed by atoms with Crippen molar-refractivity contribution in [2.75, 3.05) is 17.4 Å². The summed E-state index contributed by atoms with van der Waals surface area (Å²) < 4.78 is 36.5. The SMILES string of the molecule is CCC(C(=O)NCc1ccc2c(c1)OCO2)N(c1ccccc1)S(C)(=O)=O. The minimum absolute atomic E-state index is 0.184. The number of hydrogen-bond acceptors (Lipinski definition) is 5. The molecule has 0 bridgehead atoms. The molecule has 0 saturated carbocycles. The number of carbonyl (C=O) groups is 1. The molecule has 1 amide bonds. The Morgan fingerprint density at radius 3 is 2.52 bits per heavy atom. The molecule has 1 heterocycles. The molecule has 144 valence electrons. The molecule has 1 N–H and O–H groups in total. The predicted molar refractivity (Wildman–Crippen MR) is 102 cm³/mol. The number of nitrogens with zero attached hydrogens (tertiary/aromatic N) is 1. The van der Waals surface area contributed by atoms with Gasteiger partial charge in [0, 0.05) is 6.54 Å². The number of ether oxygens (including phenoxy) is 2. The van der Waals surface area contributed by atoms with Crippen LogP contribution in [-0.2, 0) is 21.4 Å². The van der Waals surface area contributed by atoms with E-state index in [1.54, 1.807) is 49.4 Å². The molecule has 1 aliphatic heterocycles. The van der Waals surface area contributed by atoms with Crippen molar-refractivity contribution in [3.8, 4) is 11.5 Å². The highest BCUT2D eigenvalue weighted by molar-refractivity contribution is 7.92. The standard InChI is InChI=1S/C19H22N2O5S/c1-3-16(21(27(2,23)24)15-7-5-4-6-8-15)19(22)20-12-14-9-10-17-18(11-14)26-13-25-17/h4-11,16H,3,12-13H2,1-2H3,(H,20,22). The number of hydrogen-bond donors (Lipinski definition) is 1. The van der Waals surface area contributed by atoms with E-state index in [1.165, 1.54) is 4.31 Å². The Kier molecular flexibility index (Phi) is 5.55. The van der Waals surface area contributed by atoms with E-state index in [2.05, 4.69) is 5.32 Å². The lowest BCUT2D eigenvalue weighted by Crippen LogP contribution is -2.49. The minimum Gasteiger partial charge on any atom is -0.454 e. The van der Waals surface area contributed by atoms with Crippen molar-refractivity contribution in [2.24, 2.45) is 0 Å². The van der Waals surface area contributed by atoms with E-state index in [-0.39, 0.29) is 19.2 Å². The van der Waals surface area contributed by atoms with E-state index < -0.39 is 16.1 Å². The second-order valence-electron chi connectivity index (χ2n) is 6.22. The van der Waals surface area contributed by atoms with E-state index in [0.29, 0.717) is 23.6 Å². The Morgan fingerprint density at radius 1 is 1.15 bits per heavy atom. The number of anilines is 1. The molecule has 0 aliphatic carbocycles. The Balaban J connectivity index is 1.76. The van der Waals surface area contributed by atoms with Gasteiger partial charge in [-0.15, -0.1) is 0 Å². The average Bonchev–Trinajstić information content (AvgIpc) is 3.11. The van der Waals surface area contributed by atoms with E-state index in [1.807, 2.05) is 6.07 Å². The molecule has 8 heteroatoms. The fourth-order valence-electron chi connectivity index (χ4n) is 2.99. The molecular weight excluding hydrogens is 368 g/mol. The highest BCUT2D eigenvalue weighted by Gasteiger charge is 2.31. The molecule has 1 atom stereocenters. The first-order chi connectivity index (χ1) is 12.9. The number of sulfonamides is 1. The van der Waals surface area contributed by atoms with E-state index in [4.69, 9.17) is 9.47 Å². The van der Waals surface area contributed by atoms with Crippen molar-refractivity contribution in [3.05, 3.63) is 54.1 Å². The van der Waals surface area contributed by atoms with Crippen LogP contribution in [0.1, 0.15) is 18.9 Å². The monoisotopic (exact) mass is 390 g/mol. The molecule has 0 fully saturated rings.